The molecule has 8 nitrogen and oxygen atoms in total. The van der Waals surface area contributed by atoms with Crippen LogP contribution in [0.1, 0.15) is 38.3 Å². The number of aliphatic hydroxyl groups is 1. The summed E-state index contributed by atoms with van der Waals surface area (Å²) < 4.78 is 23.6. The van der Waals surface area contributed by atoms with Crippen molar-refractivity contribution in [3.05, 3.63) is 56.9 Å². The molecule has 1 aromatic carbocycles. The van der Waals surface area contributed by atoms with Crippen molar-refractivity contribution < 1.29 is 22.5 Å². The van der Waals surface area contributed by atoms with Crippen LogP contribution in [-0.2, 0) is 34.8 Å². The first-order chi connectivity index (χ1) is 15.5. The number of hydrogen-bond donors (Lipinski definition) is 2. The lowest BCUT2D eigenvalue weighted by Gasteiger charge is -2.31. The van der Waals surface area contributed by atoms with E-state index in [9.17, 15) is 19.8 Å². The maximum atomic E-state index is 13.3. The van der Waals surface area contributed by atoms with E-state index in [-0.39, 0.29) is 47.6 Å². The Morgan fingerprint density at radius 1 is 1.32 bits per heavy atom. The molecule has 0 saturated heterocycles. The van der Waals surface area contributed by atoms with Crippen molar-refractivity contribution in [1.82, 2.24) is 14.5 Å². The van der Waals surface area contributed by atoms with E-state index >= 15 is 0 Å². The molecule has 3 aromatic rings. The van der Waals surface area contributed by atoms with E-state index < -0.39 is 18.1 Å². The molecular formula is C23H23N3O5. The van der Waals surface area contributed by atoms with Crippen molar-refractivity contribution in [3.8, 4) is 17.1 Å². The number of cyclic esters (lactones) is 1. The molecule has 1 atom stereocenters. The predicted molar refractivity (Wildman–Crippen MR) is 114 cm³/mol. The predicted octanol–water partition coefficient (Wildman–Crippen LogP) is 1.85. The SMILES string of the molecule is [2H]C([2H])(c1c(O)ccc2nc3c(cc12)Cn1c-3cc2c(c1=O)COC(=O)[C@]2(O)CC)N(C)C. The maximum absolute atomic E-state index is 13.3. The Kier molecular flexibility index (Phi) is 3.73. The minimum atomic E-state index is -1.96. The largest absolute Gasteiger partial charge is 0.508 e. The van der Waals surface area contributed by atoms with Gasteiger partial charge in [0.1, 0.15) is 12.4 Å². The van der Waals surface area contributed by atoms with Crippen LogP contribution in [0.5, 0.6) is 5.75 Å². The van der Waals surface area contributed by atoms with Gasteiger partial charge >= 0.3 is 5.97 Å². The summed E-state index contributed by atoms with van der Waals surface area (Å²) in [5.41, 5.74) is 0.432. The first-order valence-electron chi connectivity index (χ1n) is 11.0. The summed E-state index contributed by atoms with van der Waals surface area (Å²) in [6, 6.07) is 6.37. The third kappa shape index (κ3) is 2.72. The highest BCUT2D eigenvalue weighted by atomic mass is 16.6. The van der Waals surface area contributed by atoms with Crippen LogP contribution >= 0.6 is 0 Å². The molecule has 4 heterocycles. The van der Waals surface area contributed by atoms with Crippen LogP contribution < -0.4 is 5.56 Å². The summed E-state index contributed by atoms with van der Waals surface area (Å²) in [4.78, 5) is 31.6. The minimum Gasteiger partial charge on any atom is -0.508 e. The number of fused-ring (bicyclic) bond motifs is 5. The molecule has 5 rings (SSSR count). The molecule has 2 aliphatic heterocycles. The highest BCUT2D eigenvalue weighted by molar-refractivity contribution is 5.89. The lowest BCUT2D eigenvalue weighted by molar-refractivity contribution is -0.172. The molecule has 0 radical (unpaired) electrons. The van der Waals surface area contributed by atoms with Crippen LogP contribution in [0.2, 0.25) is 0 Å². The summed E-state index contributed by atoms with van der Waals surface area (Å²) in [5, 5.41) is 21.9. The van der Waals surface area contributed by atoms with Gasteiger partial charge in [0.05, 0.1) is 29.0 Å². The number of benzene rings is 1. The monoisotopic (exact) mass is 423 g/mol. The first-order valence-corrected chi connectivity index (χ1v) is 10.0. The second-order valence-corrected chi connectivity index (χ2v) is 8.13. The number of rotatable bonds is 3. The topological polar surface area (TPSA) is 105 Å². The smallest absolute Gasteiger partial charge is 0.343 e. The van der Waals surface area contributed by atoms with Crippen LogP contribution in [-0.4, -0.2) is 44.7 Å². The molecule has 0 saturated carbocycles. The van der Waals surface area contributed by atoms with Gasteiger partial charge < -0.3 is 24.4 Å². The van der Waals surface area contributed by atoms with Gasteiger partial charge in [0.15, 0.2) is 5.60 Å². The second-order valence-electron chi connectivity index (χ2n) is 8.13. The summed E-state index contributed by atoms with van der Waals surface area (Å²) in [6.45, 7) is -0.329. The van der Waals surface area contributed by atoms with Crippen molar-refractivity contribution in [1.29, 1.82) is 0 Å². The third-order valence-electron chi connectivity index (χ3n) is 6.00. The van der Waals surface area contributed by atoms with E-state index in [4.69, 9.17) is 12.5 Å². The number of nitrogens with zero attached hydrogens (tertiary/aromatic N) is 3. The van der Waals surface area contributed by atoms with E-state index in [0.717, 1.165) is 0 Å². The zero-order valence-electron chi connectivity index (χ0n) is 19.4. The lowest BCUT2D eigenvalue weighted by atomic mass is 9.86. The Morgan fingerprint density at radius 2 is 2.10 bits per heavy atom. The van der Waals surface area contributed by atoms with Gasteiger partial charge in [-0.05, 0) is 44.8 Å². The van der Waals surface area contributed by atoms with Crippen LogP contribution in [0, 0.1) is 0 Å². The van der Waals surface area contributed by atoms with Crippen LogP contribution in [0.3, 0.4) is 0 Å². The Bertz CT molecular complexity index is 1420. The van der Waals surface area contributed by atoms with Crippen LogP contribution in [0.15, 0.2) is 29.1 Å². The maximum Gasteiger partial charge on any atom is 0.343 e. The van der Waals surface area contributed by atoms with Gasteiger partial charge in [-0.2, -0.15) is 0 Å². The molecule has 0 spiro atoms. The molecule has 0 unspecified atom stereocenters. The van der Waals surface area contributed by atoms with Crippen LogP contribution in [0.4, 0.5) is 0 Å². The molecule has 0 amide bonds. The molecule has 0 aliphatic carbocycles. The fourth-order valence-corrected chi connectivity index (χ4v) is 4.38. The second kappa shape index (κ2) is 6.63. The molecular weight excluding hydrogens is 398 g/mol. The van der Waals surface area contributed by atoms with Gasteiger partial charge in [-0.25, -0.2) is 9.78 Å². The highest BCUT2D eigenvalue weighted by Gasteiger charge is 2.45. The zero-order chi connectivity index (χ0) is 23.9. The Balaban J connectivity index is 1.77. The number of pyridine rings is 2. The molecule has 0 bridgehead atoms. The van der Waals surface area contributed by atoms with Gasteiger partial charge in [0, 0.05) is 31.3 Å². The zero-order valence-corrected chi connectivity index (χ0v) is 17.4. The number of ether oxygens (including phenoxy) is 1. The average Bonchev–Trinajstić information content (AvgIpc) is 3.12. The van der Waals surface area contributed by atoms with Gasteiger partial charge in [-0.15, -0.1) is 0 Å². The van der Waals surface area contributed by atoms with E-state index in [1.165, 1.54) is 15.5 Å². The van der Waals surface area contributed by atoms with Gasteiger partial charge in [0.2, 0.25) is 0 Å². The summed E-state index contributed by atoms with van der Waals surface area (Å²) in [5.74, 6) is -0.965. The van der Waals surface area contributed by atoms with E-state index in [0.29, 0.717) is 27.9 Å². The normalized spacial score (nSPS) is 20.7. The number of carbonyl (C=O) groups is 1. The molecule has 2 N–H and O–H groups in total. The quantitative estimate of drug-likeness (QED) is 0.485. The Hall–Kier alpha value is -3.23. The molecule has 2 aromatic heterocycles. The highest BCUT2D eigenvalue weighted by Crippen LogP contribution is 2.39. The lowest BCUT2D eigenvalue weighted by Crippen LogP contribution is -2.44. The van der Waals surface area contributed by atoms with E-state index in [1.54, 1.807) is 39.2 Å². The van der Waals surface area contributed by atoms with Crippen molar-refractivity contribution in [2.75, 3.05) is 14.1 Å². The summed E-state index contributed by atoms with van der Waals surface area (Å²) in [7, 11) is 3.16. The van der Waals surface area contributed by atoms with Crippen molar-refractivity contribution in [2.24, 2.45) is 0 Å². The van der Waals surface area contributed by atoms with Crippen molar-refractivity contribution in [3.63, 3.8) is 0 Å². The number of esters is 1. The number of aromatic hydroxyl groups is 1. The number of aromatic nitrogens is 2. The Labute approximate surface area is 181 Å². The summed E-state index contributed by atoms with van der Waals surface area (Å²) in [6.07, 6.45) is 0.0575. The molecule has 2 aliphatic rings. The van der Waals surface area contributed by atoms with E-state index in [2.05, 4.69) is 0 Å². The fourth-order valence-electron chi connectivity index (χ4n) is 4.38. The molecule has 31 heavy (non-hydrogen) atoms. The van der Waals surface area contributed by atoms with Gasteiger partial charge in [-0.3, -0.25) is 4.79 Å². The molecule has 8 heteroatoms. The fraction of sp³-hybridized carbons (Fsp3) is 0.348. The third-order valence-corrected chi connectivity index (χ3v) is 6.00. The Morgan fingerprint density at radius 3 is 2.81 bits per heavy atom. The average molecular weight is 423 g/mol. The molecule has 160 valence electrons. The standard InChI is InChI=1S/C23H23N3O5/c1-4-23(30)16-8-18-20-12(9-26(18)21(28)15(16)11-31-22(23)29)7-13-14(10-25(2)3)19(27)6-5-17(13)24-20/h5-8,27,30H,4,9-11H2,1-3H3/t23-/m0/s1/i10D2. The number of phenolic OH excluding ortho intramolecular Hbond substituents is 1. The number of carbonyl (C=O) groups excluding carboxylic acids is 1. The van der Waals surface area contributed by atoms with Crippen molar-refractivity contribution in [2.45, 2.75) is 38.6 Å². The minimum absolute atomic E-state index is 0.0575. The van der Waals surface area contributed by atoms with E-state index in [1.807, 2.05) is 0 Å². The van der Waals surface area contributed by atoms with Crippen LogP contribution in [0.25, 0.3) is 22.3 Å². The number of hydrogen-bond acceptors (Lipinski definition) is 7. The number of phenols is 1. The van der Waals surface area contributed by atoms with Gasteiger partial charge in [0.25, 0.3) is 5.56 Å². The first kappa shape index (κ1) is 17.5. The van der Waals surface area contributed by atoms with Crippen molar-refractivity contribution >= 4 is 16.9 Å². The molecule has 0 fully saturated rings. The van der Waals surface area contributed by atoms with Gasteiger partial charge in [-0.1, -0.05) is 6.92 Å². The summed E-state index contributed by atoms with van der Waals surface area (Å²) >= 11 is 0.